The summed E-state index contributed by atoms with van der Waals surface area (Å²) in [4.78, 5) is 16.2. The Bertz CT molecular complexity index is 635. The Morgan fingerprint density at radius 3 is 2.73 bits per heavy atom. The van der Waals surface area contributed by atoms with Gasteiger partial charge in [-0.25, -0.2) is 0 Å². The smallest absolute Gasteiger partial charge is 0.185 e. The number of hydrogen-bond acceptors (Lipinski definition) is 4. The predicted octanol–water partition coefficient (Wildman–Crippen LogP) is 2.82. The number of carbonyl (C=O) groups is 1. The van der Waals surface area contributed by atoms with Crippen LogP contribution >= 0.6 is 11.6 Å². The molecule has 1 saturated heterocycles. The number of morpholine rings is 1. The summed E-state index contributed by atoms with van der Waals surface area (Å²) in [7, 11) is 0. The van der Waals surface area contributed by atoms with Gasteiger partial charge in [0.25, 0.3) is 0 Å². The zero-order chi connectivity index (χ0) is 15.4. The summed E-state index contributed by atoms with van der Waals surface area (Å²) in [5.74, 6) is -0.0139. The van der Waals surface area contributed by atoms with Gasteiger partial charge in [-0.1, -0.05) is 35.9 Å². The molecule has 0 spiro atoms. The average Bonchev–Trinajstić information content (AvgIpc) is 2.57. The van der Waals surface area contributed by atoms with Crippen molar-refractivity contribution in [1.82, 2.24) is 10.3 Å². The maximum absolute atomic E-state index is 12.2. The van der Waals surface area contributed by atoms with Crippen molar-refractivity contribution in [3.63, 3.8) is 0 Å². The van der Waals surface area contributed by atoms with Gasteiger partial charge in [0, 0.05) is 25.7 Å². The van der Waals surface area contributed by atoms with Crippen LogP contribution in [0.25, 0.3) is 0 Å². The minimum absolute atomic E-state index is 0.0139. The van der Waals surface area contributed by atoms with Gasteiger partial charge in [0.15, 0.2) is 5.78 Å². The van der Waals surface area contributed by atoms with Gasteiger partial charge in [0.05, 0.1) is 17.7 Å². The van der Waals surface area contributed by atoms with Crippen LogP contribution in [-0.2, 0) is 11.2 Å². The molecule has 0 radical (unpaired) electrons. The van der Waals surface area contributed by atoms with E-state index in [0.717, 1.165) is 30.8 Å². The van der Waals surface area contributed by atoms with E-state index in [9.17, 15) is 4.79 Å². The van der Waals surface area contributed by atoms with Crippen molar-refractivity contribution in [2.24, 2.45) is 0 Å². The first-order valence-corrected chi connectivity index (χ1v) is 7.66. The van der Waals surface area contributed by atoms with Crippen molar-refractivity contribution in [2.75, 3.05) is 19.7 Å². The van der Waals surface area contributed by atoms with Crippen LogP contribution in [-0.4, -0.2) is 30.5 Å². The minimum atomic E-state index is -0.0139. The standard InChI is InChI=1S/C17H17ClN2O2/c18-14-5-6-15(20-10-14)16(21)9-12-1-3-13(4-2-12)17-11-19-7-8-22-17/h1-6,10,17,19H,7-9,11H2/t17-/m1/s1. The summed E-state index contributed by atoms with van der Waals surface area (Å²) < 4.78 is 5.71. The SMILES string of the molecule is O=C(Cc1ccc([C@H]2CNCCO2)cc1)c1ccc(Cl)cn1. The van der Waals surface area contributed by atoms with E-state index in [0.29, 0.717) is 17.1 Å². The molecule has 1 fully saturated rings. The van der Waals surface area contributed by atoms with Gasteiger partial charge < -0.3 is 10.1 Å². The van der Waals surface area contributed by atoms with Crippen molar-refractivity contribution in [3.8, 4) is 0 Å². The molecule has 1 N–H and O–H groups in total. The summed E-state index contributed by atoms with van der Waals surface area (Å²) in [5.41, 5.74) is 2.54. The molecule has 0 aliphatic carbocycles. The highest BCUT2D eigenvalue weighted by Crippen LogP contribution is 2.19. The number of ketones is 1. The highest BCUT2D eigenvalue weighted by Gasteiger charge is 2.15. The molecule has 1 aromatic carbocycles. The Labute approximate surface area is 134 Å². The molecule has 0 amide bonds. The molecule has 1 aliphatic rings. The van der Waals surface area contributed by atoms with Crippen LogP contribution < -0.4 is 5.32 Å². The third kappa shape index (κ3) is 3.71. The third-order valence-corrected chi connectivity index (χ3v) is 3.88. The quantitative estimate of drug-likeness (QED) is 0.881. The largest absolute Gasteiger partial charge is 0.371 e. The van der Waals surface area contributed by atoms with Gasteiger partial charge in [-0.3, -0.25) is 9.78 Å². The number of benzene rings is 1. The number of ether oxygens (including phenoxy) is 1. The lowest BCUT2D eigenvalue weighted by Crippen LogP contribution is -2.33. The minimum Gasteiger partial charge on any atom is -0.371 e. The molecule has 4 nitrogen and oxygen atoms in total. The first-order valence-electron chi connectivity index (χ1n) is 7.28. The lowest BCUT2D eigenvalue weighted by atomic mass is 10.0. The Balaban J connectivity index is 1.65. The van der Waals surface area contributed by atoms with Crippen LogP contribution in [0.1, 0.15) is 27.7 Å². The number of halogens is 1. The Morgan fingerprint density at radius 1 is 1.27 bits per heavy atom. The molecule has 0 saturated carbocycles. The second-order valence-electron chi connectivity index (χ2n) is 5.27. The fourth-order valence-corrected chi connectivity index (χ4v) is 2.56. The zero-order valence-corrected chi connectivity index (χ0v) is 12.8. The Morgan fingerprint density at radius 2 is 2.09 bits per heavy atom. The van der Waals surface area contributed by atoms with Gasteiger partial charge >= 0.3 is 0 Å². The highest BCUT2D eigenvalue weighted by atomic mass is 35.5. The van der Waals surface area contributed by atoms with Gasteiger partial charge in [-0.15, -0.1) is 0 Å². The van der Waals surface area contributed by atoms with E-state index in [1.165, 1.54) is 6.20 Å². The fourth-order valence-electron chi connectivity index (χ4n) is 2.45. The molecule has 1 aromatic heterocycles. The fraction of sp³-hybridized carbons (Fsp3) is 0.294. The number of aromatic nitrogens is 1. The number of nitrogens with one attached hydrogen (secondary N) is 1. The van der Waals surface area contributed by atoms with Crippen molar-refractivity contribution in [2.45, 2.75) is 12.5 Å². The molecule has 5 heteroatoms. The molecular formula is C17H17ClN2O2. The molecule has 114 valence electrons. The van der Waals surface area contributed by atoms with Crippen LogP contribution in [0.2, 0.25) is 5.02 Å². The van der Waals surface area contributed by atoms with E-state index in [2.05, 4.69) is 10.3 Å². The maximum atomic E-state index is 12.2. The topological polar surface area (TPSA) is 51.2 Å². The van der Waals surface area contributed by atoms with Gasteiger partial charge in [-0.2, -0.15) is 0 Å². The second kappa shape index (κ2) is 7.01. The van der Waals surface area contributed by atoms with Crippen LogP contribution in [0.4, 0.5) is 0 Å². The van der Waals surface area contributed by atoms with Crippen LogP contribution in [0, 0.1) is 0 Å². The van der Waals surface area contributed by atoms with Gasteiger partial charge in [-0.05, 0) is 23.3 Å². The van der Waals surface area contributed by atoms with E-state index in [1.54, 1.807) is 12.1 Å². The van der Waals surface area contributed by atoms with E-state index < -0.39 is 0 Å². The number of hydrogen-bond donors (Lipinski definition) is 1. The van der Waals surface area contributed by atoms with Crippen LogP contribution in [0.15, 0.2) is 42.6 Å². The molecule has 2 aromatic rings. The van der Waals surface area contributed by atoms with Crippen molar-refractivity contribution in [1.29, 1.82) is 0 Å². The first kappa shape index (κ1) is 15.2. The molecule has 2 heterocycles. The normalized spacial score (nSPS) is 18.1. The Kier molecular flexibility index (Phi) is 4.83. The number of pyridine rings is 1. The molecule has 22 heavy (non-hydrogen) atoms. The van der Waals surface area contributed by atoms with E-state index in [4.69, 9.17) is 16.3 Å². The second-order valence-corrected chi connectivity index (χ2v) is 5.70. The summed E-state index contributed by atoms with van der Waals surface area (Å²) in [6.45, 7) is 2.46. The third-order valence-electron chi connectivity index (χ3n) is 3.66. The zero-order valence-electron chi connectivity index (χ0n) is 12.1. The summed E-state index contributed by atoms with van der Waals surface area (Å²) in [6, 6.07) is 11.3. The maximum Gasteiger partial charge on any atom is 0.185 e. The molecular weight excluding hydrogens is 300 g/mol. The van der Waals surface area contributed by atoms with E-state index >= 15 is 0 Å². The van der Waals surface area contributed by atoms with Crippen molar-refractivity contribution >= 4 is 17.4 Å². The summed E-state index contributed by atoms with van der Waals surface area (Å²) in [5, 5.41) is 3.84. The lowest BCUT2D eigenvalue weighted by Gasteiger charge is -2.24. The molecule has 3 rings (SSSR count). The molecule has 1 aliphatic heterocycles. The highest BCUT2D eigenvalue weighted by molar-refractivity contribution is 6.30. The number of rotatable bonds is 4. The average molecular weight is 317 g/mol. The van der Waals surface area contributed by atoms with E-state index in [-0.39, 0.29) is 11.9 Å². The number of Topliss-reactive ketones (excluding diaryl/α,β-unsaturated/α-hetero) is 1. The van der Waals surface area contributed by atoms with Gasteiger partial charge in [0.1, 0.15) is 5.69 Å². The molecule has 1 atom stereocenters. The van der Waals surface area contributed by atoms with Crippen molar-refractivity contribution < 1.29 is 9.53 Å². The monoisotopic (exact) mass is 316 g/mol. The van der Waals surface area contributed by atoms with Gasteiger partial charge in [0.2, 0.25) is 0 Å². The first-order chi connectivity index (χ1) is 10.7. The molecule has 0 bridgehead atoms. The predicted molar refractivity (Wildman–Crippen MR) is 85.3 cm³/mol. The lowest BCUT2D eigenvalue weighted by molar-refractivity contribution is 0.0277. The van der Waals surface area contributed by atoms with E-state index in [1.807, 2.05) is 24.3 Å². The Hall–Kier alpha value is -1.75. The van der Waals surface area contributed by atoms with Crippen LogP contribution in [0.3, 0.4) is 0 Å². The van der Waals surface area contributed by atoms with Crippen LogP contribution in [0.5, 0.6) is 0 Å². The van der Waals surface area contributed by atoms with Crippen molar-refractivity contribution in [3.05, 3.63) is 64.4 Å². The number of carbonyl (C=O) groups excluding carboxylic acids is 1. The number of nitrogens with zero attached hydrogens (tertiary/aromatic N) is 1. The molecule has 0 unspecified atom stereocenters. The summed E-state index contributed by atoms with van der Waals surface area (Å²) >= 11 is 5.78. The summed E-state index contributed by atoms with van der Waals surface area (Å²) in [6.07, 6.45) is 1.92.